The molecule has 4 rings (SSSR count). The maximum atomic E-state index is 11.7. The highest BCUT2D eigenvalue weighted by atomic mass is 16.4. The van der Waals surface area contributed by atoms with Crippen LogP contribution < -0.4 is 10.6 Å². The molecule has 0 radical (unpaired) electrons. The van der Waals surface area contributed by atoms with Gasteiger partial charge in [-0.05, 0) is 61.7 Å². The molecule has 112 valence electrons. The van der Waals surface area contributed by atoms with E-state index < -0.39 is 5.97 Å². The lowest BCUT2D eigenvalue weighted by Gasteiger charge is -2.56. The van der Waals surface area contributed by atoms with Gasteiger partial charge in [-0.15, -0.1) is 0 Å². The Labute approximate surface area is 119 Å². The lowest BCUT2D eigenvalue weighted by atomic mass is 9.49. The first-order chi connectivity index (χ1) is 9.55. The average molecular weight is 280 g/mol. The highest BCUT2D eigenvalue weighted by molar-refractivity contribution is 5.75. The molecule has 0 unspecified atom stereocenters. The quantitative estimate of drug-likeness (QED) is 0.720. The van der Waals surface area contributed by atoms with Crippen molar-refractivity contribution >= 4 is 12.0 Å². The number of carboxylic acid groups (broad SMARTS) is 1. The number of urea groups is 1. The first-order valence-electron chi connectivity index (χ1n) is 7.78. The number of nitrogens with one attached hydrogen (secondary N) is 2. The van der Waals surface area contributed by atoms with Gasteiger partial charge >= 0.3 is 12.0 Å². The Morgan fingerprint density at radius 3 is 2.05 bits per heavy atom. The third-order valence-electron chi connectivity index (χ3n) is 5.41. The van der Waals surface area contributed by atoms with E-state index >= 15 is 0 Å². The Morgan fingerprint density at radius 1 is 1.00 bits per heavy atom. The number of carbonyl (C=O) groups excluding carboxylic acids is 1. The van der Waals surface area contributed by atoms with Crippen LogP contribution in [0.4, 0.5) is 4.79 Å². The van der Waals surface area contributed by atoms with Gasteiger partial charge in [-0.3, -0.25) is 4.79 Å². The number of amides is 2. The van der Waals surface area contributed by atoms with Crippen molar-refractivity contribution in [3.8, 4) is 0 Å². The minimum Gasteiger partial charge on any atom is -0.481 e. The fourth-order valence-corrected chi connectivity index (χ4v) is 5.12. The molecule has 5 heteroatoms. The Kier molecular flexibility index (Phi) is 3.61. The standard InChI is InChI=1S/C15H24N2O3/c18-13(19)1-2-16-14(20)17-9-15-6-10-3-11(7-15)5-12(4-10)8-15/h10-12H,1-9H2,(H,18,19)(H2,16,17,20). The van der Waals surface area contributed by atoms with Crippen molar-refractivity contribution < 1.29 is 14.7 Å². The average Bonchev–Trinajstić information content (AvgIpc) is 2.34. The fraction of sp³-hybridized carbons (Fsp3) is 0.867. The highest BCUT2D eigenvalue weighted by Gasteiger charge is 2.50. The van der Waals surface area contributed by atoms with Crippen LogP contribution in [0, 0.1) is 23.2 Å². The summed E-state index contributed by atoms with van der Waals surface area (Å²) in [4.78, 5) is 22.1. The molecule has 0 saturated heterocycles. The Morgan fingerprint density at radius 2 is 1.55 bits per heavy atom. The Balaban J connectivity index is 1.46. The largest absolute Gasteiger partial charge is 0.481 e. The van der Waals surface area contributed by atoms with Crippen molar-refractivity contribution in [2.75, 3.05) is 13.1 Å². The number of rotatable bonds is 5. The molecule has 0 aliphatic heterocycles. The van der Waals surface area contributed by atoms with E-state index in [1.165, 1.54) is 38.5 Å². The van der Waals surface area contributed by atoms with Crippen LogP contribution in [-0.4, -0.2) is 30.2 Å². The number of hydrogen-bond acceptors (Lipinski definition) is 2. The van der Waals surface area contributed by atoms with Crippen molar-refractivity contribution in [1.29, 1.82) is 0 Å². The number of carboxylic acids is 1. The molecule has 4 bridgehead atoms. The summed E-state index contributed by atoms with van der Waals surface area (Å²) >= 11 is 0. The van der Waals surface area contributed by atoms with Crippen molar-refractivity contribution in [3.05, 3.63) is 0 Å². The summed E-state index contributed by atoms with van der Waals surface area (Å²) < 4.78 is 0. The Bertz CT molecular complexity index is 373. The van der Waals surface area contributed by atoms with Gasteiger partial charge in [0.05, 0.1) is 6.42 Å². The van der Waals surface area contributed by atoms with E-state index in [9.17, 15) is 9.59 Å². The van der Waals surface area contributed by atoms with Gasteiger partial charge in [0.1, 0.15) is 0 Å². The summed E-state index contributed by atoms with van der Waals surface area (Å²) in [6, 6.07) is -0.220. The van der Waals surface area contributed by atoms with E-state index in [0.717, 1.165) is 24.3 Å². The molecule has 20 heavy (non-hydrogen) atoms. The molecule has 5 nitrogen and oxygen atoms in total. The zero-order valence-electron chi connectivity index (χ0n) is 11.9. The van der Waals surface area contributed by atoms with Crippen LogP contribution in [0.25, 0.3) is 0 Å². The van der Waals surface area contributed by atoms with Crippen LogP contribution >= 0.6 is 0 Å². The van der Waals surface area contributed by atoms with E-state index in [1.54, 1.807) is 0 Å². The van der Waals surface area contributed by atoms with Crippen LogP contribution in [-0.2, 0) is 4.79 Å². The van der Waals surface area contributed by atoms with E-state index in [2.05, 4.69) is 10.6 Å². The molecule has 4 saturated carbocycles. The monoisotopic (exact) mass is 280 g/mol. The normalized spacial score (nSPS) is 37.7. The van der Waals surface area contributed by atoms with Crippen LogP contribution in [0.3, 0.4) is 0 Å². The smallest absolute Gasteiger partial charge is 0.314 e. The number of carbonyl (C=O) groups is 2. The topological polar surface area (TPSA) is 78.4 Å². The molecule has 0 spiro atoms. The summed E-state index contributed by atoms with van der Waals surface area (Å²) in [6.07, 6.45) is 8.01. The van der Waals surface area contributed by atoms with E-state index in [4.69, 9.17) is 5.11 Å². The van der Waals surface area contributed by atoms with Gasteiger partial charge in [-0.1, -0.05) is 0 Å². The third-order valence-corrected chi connectivity index (χ3v) is 5.41. The van der Waals surface area contributed by atoms with E-state index in [0.29, 0.717) is 5.41 Å². The lowest BCUT2D eigenvalue weighted by Crippen LogP contribution is -2.52. The molecule has 0 heterocycles. The predicted molar refractivity (Wildman–Crippen MR) is 74.3 cm³/mol. The third kappa shape index (κ3) is 2.91. The van der Waals surface area contributed by atoms with Crippen molar-refractivity contribution in [2.24, 2.45) is 23.2 Å². The molecule has 0 aromatic heterocycles. The van der Waals surface area contributed by atoms with E-state index in [1.807, 2.05) is 0 Å². The molecule has 0 aromatic rings. The summed E-state index contributed by atoms with van der Waals surface area (Å²) in [5, 5.41) is 14.1. The zero-order chi connectivity index (χ0) is 14.2. The summed E-state index contributed by atoms with van der Waals surface area (Å²) in [5.41, 5.74) is 0.332. The number of hydrogen-bond donors (Lipinski definition) is 3. The first-order valence-corrected chi connectivity index (χ1v) is 7.78. The number of aliphatic carboxylic acids is 1. The second-order valence-electron chi connectivity index (χ2n) is 7.17. The van der Waals surface area contributed by atoms with Crippen LogP contribution in [0.15, 0.2) is 0 Å². The molecule has 4 aliphatic carbocycles. The second-order valence-corrected chi connectivity index (χ2v) is 7.17. The van der Waals surface area contributed by atoms with Crippen molar-refractivity contribution in [3.63, 3.8) is 0 Å². The van der Waals surface area contributed by atoms with Gasteiger partial charge < -0.3 is 15.7 Å². The minimum atomic E-state index is -0.883. The molecular weight excluding hydrogens is 256 g/mol. The second kappa shape index (κ2) is 5.26. The predicted octanol–water partition coefficient (Wildman–Crippen LogP) is 1.98. The van der Waals surface area contributed by atoms with E-state index in [-0.39, 0.29) is 19.0 Å². The summed E-state index contributed by atoms with van der Waals surface area (Å²) in [5.74, 6) is 1.78. The maximum Gasteiger partial charge on any atom is 0.314 e. The van der Waals surface area contributed by atoms with Gasteiger partial charge in [0.15, 0.2) is 0 Å². The molecule has 2 amide bonds. The first kappa shape index (κ1) is 13.7. The van der Waals surface area contributed by atoms with Gasteiger partial charge in [0.25, 0.3) is 0 Å². The molecule has 4 aliphatic rings. The molecule has 0 aromatic carbocycles. The maximum absolute atomic E-state index is 11.7. The molecule has 3 N–H and O–H groups in total. The van der Waals surface area contributed by atoms with Gasteiger partial charge in [0.2, 0.25) is 0 Å². The van der Waals surface area contributed by atoms with Crippen LogP contribution in [0.2, 0.25) is 0 Å². The van der Waals surface area contributed by atoms with Crippen LogP contribution in [0.5, 0.6) is 0 Å². The summed E-state index contributed by atoms with van der Waals surface area (Å²) in [7, 11) is 0. The highest BCUT2D eigenvalue weighted by Crippen LogP contribution is 2.59. The summed E-state index contributed by atoms with van der Waals surface area (Å²) in [6.45, 7) is 0.956. The van der Waals surface area contributed by atoms with Crippen molar-refractivity contribution in [2.45, 2.75) is 44.9 Å². The molecule has 4 fully saturated rings. The SMILES string of the molecule is O=C(O)CCNC(=O)NCC12CC3CC(CC(C3)C1)C2. The van der Waals surface area contributed by atoms with Gasteiger partial charge in [0, 0.05) is 13.1 Å². The molecular formula is C15H24N2O3. The Hall–Kier alpha value is -1.26. The van der Waals surface area contributed by atoms with Crippen LogP contribution in [0.1, 0.15) is 44.9 Å². The van der Waals surface area contributed by atoms with Gasteiger partial charge in [-0.2, -0.15) is 0 Å². The zero-order valence-corrected chi connectivity index (χ0v) is 11.9. The molecule has 0 atom stereocenters. The lowest BCUT2D eigenvalue weighted by molar-refractivity contribution is -0.136. The van der Waals surface area contributed by atoms with Gasteiger partial charge in [-0.25, -0.2) is 4.79 Å². The van der Waals surface area contributed by atoms with Crippen molar-refractivity contribution in [1.82, 2.24) is 10.6 Å². The fourth-order valence-electron chi connectivity index (χ4n) is 5.12. The minimum absolute atomic E-state index is 0.0230.